The second kappa shape index (κ2) is 6.56. The van der Waals surface area contributed by atoms with Crippen molar-refractivity contribution in [1.82, 2.24) is 9.88 Å². The van der Waals surface area contributed by atoms with Crippen LogP contribution in [0.1, 0.15) is 16.1 Å². The zero-order valence-corrected chi connectivity index (χ0v) is 11.2. The third kappa shape index (κ3) is 4.37. The first-order chi connectivity index (χ1) is 9.28. The molecular formula is C12H16F3N3O2. The molecule has 2 N–H and O–H groups in total. The summed E-state index contributed by atoms with van der Waals surface area (Å²) < 4.78 is 37.3. The van der Waals surface area contributed by atoms with E-state index in [2.05, 4.69) is 10.3 Å². The number of carbonyl (C=O) groups is 1. The number of amides is 1. The number of nitrogens with zero attached hydrogens (tertiary/aromatic N) is 2. The lowest BCUT2D eigenvalue weighted by Crippen LogP contribution is -2.41. The topological polar surface area (TPSA) is 65.5 Å². The highest BCUT2D eigenvalue weighted by molar-refractivity contribution is 5.99. The minimum Gasteiger partial charge on any atom is -0.395 e. The van der Waals surface area contributed by atoms with Crippen LogP contribution in [0, 0.1) is 6.92 Å². The standard InChI is InChI=1S/C12H16F3N3O2/c1-8-5-10(16-2)9(6-17-8)11(20)18(3-4-19)7-12(13,14)15/h5-6,19H,3-4,7H2,1-2H3,(H,16,17). The van der Waals surface area contributed by atoms with Gasteiger partial charge >= 0.3 is 6.18 Å². The SMILES string of the molecule is CNc1cc(C)ncc1C(=O)N(CCO)CC(F)(F)F. The lowest BCUT2D eigenvalue weighted by molar-refractivity contribution is -0.141. The number of hydrogen-bond donors (Lipinski definition) is 2. The molecule has 0 atom stereocenters. The Balaban J connectivity index is 3.06. The van der Waals surface area contributed by atoms with Gasteiger partial charge in [-0.3, -0.25) is 9.78 Å². The number of aliphatic hydroxyl groups excluding tert-OH is 1. The minimum atomic E-state index is -4.53. The zero-order chi connectivity index (χ0) is 15.3. The van der Waals surface area contributed by atoms with Crippen molar-refractivity contribution in [2.24, 2.45) is 0 Å². The maximum absolute atomic E-state index is 12.4. The van der Waals surface area contributed by atoms with E-state index >= 15 is 0 Å². The Morgan fingerprint density at radius 1 is 1.50 bits per heavy atom. The van der Waals surface area contributed by atoms with E-state index in [0.717, 1.165) is 0 Å². The molecule has 0 unspecified atom stereocenters. The van der Waals surface area contributed by atoms with Crippen LogP contribution in [0.15, 0.2) is 12.3 Å². The number of aromatic nitrogens is 1. The molecule has 0 saturated carbocycles. The van der Waals surface area contributed by atoms with Crippen molar-refractivity contribution in [2.45, 2.75) is 13.1 Å². The fourth-order valence-electron chi connectivity index (χ4n) is 1.70. The Labute approximate surface area is 114 Å². The molecule has 1 amide bonds. The molecule has 5 nitrogen and oxygen atoms in total. The average Bonchev–Trinajstić information content (AvgIpc) is 2.35. The van der Waals surface area contributed by atoms with Crippen LogP contribution in [0.2, 0.25) is 0 Å². The highest BCUT2D eigenvalue weighted by Crippen LogP contribution is 2.21. The number of alkyl halides is 3. The molecule has 8 heteroatoms. The van der Waals surface area contributed by atoms with Gasteiger partial charge in [0, 0.05) is 25.5 Å². The number of carbonyl (C=O) groups excluding carboxylic acids is 1. The molecule has 1 heterocycles. The highest BCUT2D eigenvalue weighted by Gasteiger charge is 2.33. The van der Waals surface area contributed by atoms with Crippen molar-refractivity contribution in [1.29, 1.82) is 0 Å². The summed E-state index contributed by atoms with van der Waals surface area (Å²) in [5, 5.41) is 11.6. The third-order valence-corrected chi connectivity index (χ3v) is 2.57. The second-order valence-corrected chi connectivity index (χ2v) is 4.19. The van der Waals surface area contributed by atoms with E-state index in [1.807, 2.05) is 0 Å². The lowest BCUT2D eigenvalue weighted by Gasteiger charge is -2.24. The average molecular weight is 291 g/mol. The summed E-state index contributed by atoms with van der Waals surface area (Å²) in [6.07, 6.45) is -3.30. The maximum Gasteiger partial charge on any atom is 0.406 e. The molecule has 0 aliphatic carbocycles. The van der Waals surface area contributed by atoms with E-state index in [0.29, 0.717) is 16.3 Å². The highest BCUT2D eigenvalue weighted by atomic mass is 19.4. The van der Waals surface area contributed by atoms with E-state index < -0.39 is 31.8 Å². The molecule has 0 aromatic carbocycles. The van der Waals surface area contributed by atoms with Gasteiger partial charge in [-0.1, -0.05) is 0 Å². The van der Waals surface area contributed by atoms with Gasteiger partial charge in [-0.2, -0.15) is 13.2 Å². The minimum absolute atomic E-state index is 0.0378. The molecule has 0 saturated heterocycles. The van der Waals surface area contributed by atoms with Crippen molar-refractivity contribution in [3.63, 3.8) is 0 Å². The Hall–Kier alpha value is -1.83. The van der Waals surface area contributed by atoms with E-state index in [1.54, 1.807) is 20.0 Å². The maximum atomic E-state index is 12.4. The lowest BCUT2D eigenvalue weighted by atomic mass is 10.2. The Bertz CT molecular complexity index is 478. The van der Waals surface area contributed by atoms with Gasteiger partial charge in [0.2, 0.25) is 0 Å². The Morgan fingerprint density at radius 2 is 2.15 bits per heavy atom. The van der Waals surface area contributed by atoms with E-state index in [4.69, 9.17) is 5.11 Å². The van der Waals surface area contributed by atoms with Gasteiger partial charge in [0.1, 0.15) is 6.54 Å². The van der Waals surface area contributed by atoms with Crippen LogP contribution < -0.4 is 5.32 Å². The van der Waals surface area contributed by atoms with Gasteiger partial charge in [-0.15, -0.1) is 0 Å². The Morgan fingerprint density at radius 3 is 2.65 bits per heavy atom. The molecule has 112 valence electrons. The summed E-state index contributed by atoms with van der Waals surface area (Å²) >= 11 is 0. The van der Waals surface area contributed by atoms with Gasteiger partial charge in [0.05, 0.1) is 17.9 Å². The molecule has 1 aromatic heterocycles. The molecule has 0 radical (unpaired) electrons. The van der Waals surface area contributed by atoms with E-state index in [-0.39, 0.29) is 5.56 Å². The quantitative estimate of drug-likeness (QED) is 0.861. The molecule has 0 aliphatic heterocycles. The number of rotatable bonds is 5. The van der Waals surface area contributed by atoms with Crippen molar-refractivity contribution in [3.05, 3.63) is 23.5 Å². The van der Waals surface area contributed by atoms with Crippen molar-refractivity contribution in [2.75, 3.05) is 32.1 Å². The fraction of sp³-hybridized carbons (Fsp3) is 0.500. The van der Waals surface area contributed by atoms with Crippen LogP contribution in [0.5, 0.6) is 0 Å². The predicted molar refractivity (Wildman–Crippen MR) is 67.6 cm³/mol. The van der Waals surface area contributed by atoms with Crippen LogP contribution in [0.25, 0.3) is 0 Å². The van der Waals surface area contributed by atoms with Crippen molar-refractivity contribution >= 4 is 11.6 Å². The summed E-state index contributed by atoms with van der Waals surface area (Å²) in [4.78, 5) is 16.6. The molecule has 0 spiro atoms. The number of aliphatic hydroxyl groups is 1. The zero-order valence-electron chi connectivity index (χ0n) is 11.2. The molecule has 1 aromatic rings. The molecule has 0 bridgehead atoms. The van der Waals surface area contributed by atoms with E-state index in [9.17, 15) is 18.0 Å². The van der Waals surface area contributed by atoms with Crippen molar-refractivity contribution < 1.29 is 23.1 Å². The van der Waals surface area contributed by atoms with Gasteiger partial charge < -0.3 is 15.3 Å². The number of nitrogens with one attached hydrogen (secondary N) is 1. The summed E-state index contributed by atoms with van der Waals surface area (Å²) in [7, 11) is 1.56. The molecule has 1 rings (SSSR count). The summed E-state index contributed by atoms with van der Waals surface area (Å²) in [5.74, 6) is -0.826. The number of pyridine rings is 1. The number of hydrogen-bond acceptors (Lipinski definition) is 4. The van der Waals surface area contributed by atoms with Gasteiger partial charge in [-0.05, 0) is 13.0 Å². The summed E-state index contributed by atoms with van der Waals surface area (Å²) in [6.45, 7) is -0.648. The number of halogens is 3. The van der Waals surface area contributed by atoms with Crippen LogP contribution in [-0.4, -0.2) is 53.8 Å². The molecular weight excluding hydrogens is 275 g/mol. The van der Waals surface area contributed by atoms with E-state index in [1.165, 1.54) is 6.20 Å². The predicted octanol–water partition coefficient (Wildman–Crippen LogP) is 1.43. The third-order valence-electron chi connectivity index (χ3n) is 2.57. The normalized spacial score (nSPS) is 11.3. The number of aryl methyl sites for hydroxylation is 1. The van der Waals surface area contributed by atoms with Crippen LogP contribution in [0.4, 0.5) is 18.9 Å². The van der Waals surface area contributed by atoms with Gasteiger partial charge in [-0.25, -0.2) is 0 Å². The molecule has 0 aliphatic rings. The summed E-state index contributed by atoms with van der Waals surface area (Å²) in [6, 6.07) is 1.57. The first-order valence-electron chi connectivity index (χ1n) is 5.89. The van der Waals surface area contributed by atoms with Crippen LogP contribution >= 0.6 is 0 Å². The van der Waals surface area contributed by atoms with Gasteiger partial charge in [0.25, 0.3) is 5.91 Å². The summed E-state index contributed by atoms with van der Waals surface area (Å²) in [5.41, 5.74) is 1.07. The molecule has 20 heavy (non-hydrogen) atoms. The van der Waals surface area contributed by atoms with Crippen molar-refractivity contribution in [3.8, 4) is 0 Å². The fourth-order valence-corrected chi connectivity index (χ4v) is 1.70. The molecule has 0 fully saturated rings. The monoisotopic (exact) mass is 291 g/mol. The first kappa shape index (κ1) is 16.2. The first-order valence-corrected chi connectivity index (χ1v) is 5.89. The smallest absolute Gasteiger partial charge is 0.395 e. The van der Waals surface area contributed by atoms with Crippen LogP contribution in [-0.2, 0) is 0 Å². The second-order valence-electron chi connectivity index (χ2n) is 4.19. The number of anilines is 1. The largest absolute Gasteiger partial charge is 0.406 e. The van der Waals surface area contributed by atoms with Crippen LogP contribution in [0.3, 0.4) is 0 Å². The van der Waals surface area contributed by atoms with Gasteiger partial charge in [0.15, 0.2) is 0 Å². The Kier molecular flexibility index (Phi) is 5.32.